The van der Waals surface area contributed by atoms with Crippen molar-refractivity contribution in [1.82, 2.24) is 0 Å². The lowest BCUT2D eigenvalue weighted by Crippen LogP contribution is -2.29. The zero-order valence-corrected chi connectivity index (χ0v) is 8.39. The smallest absolute Gasteiger partial charge is 0.0254 e. The molecule has 0 bridgehead atoms. The highest BCUT2D eigenvalue weighted by Crippen LogP contribution is 2.14. The number of allylic oxidation sites excluding steroid dienone is 1. The highest BCUT2D eigenvalue weighted by Gasteiger charge is 2.13. The van der Waals surface area contributed by atoms with Crippen LogP contribution in [0.5, 0.6) is 0 Å². The van der Waals surface area contributed by atoms with Crippen LogP contribution in [0.1, 0.15) is 34.6 Å². The van der Waals surface area contributed by atoms with E-state index in [0.29, 0.717) is 11.8 Å². The maximum atomic E-state index is 5.94. The van der Waals surface area contributed by atoms with Gasteiger partial charge in [-0.3, -0.25) is 0 Å². The second-order valence-corrected chi connectivity index (χ2v) is 3.92. The molecule has 0 rings (SSSR count). The second-order valence-electron chi connectivity index (χ2n) is 3.92. The lowest BCUT2D eigenvalue weighted by molar-refractivity contribution is 0.383. The van der Waals surface area contributed by atoms with E-state index in [1.165, 1.54) is 5.57 Å². The van der Waals surface area contributed by atoms with E-state index in [4.69, 9.17) is 5.73 Å². The Labute approximate surface area is 70.7 Å². The first-order chi connectivity index (χ1) is 4.95. The molecule has 0 aromatic rings. The van der Waals surface area contributed by atoms with E-state index in [0.717, 1.165) is 0 Å². The molecule has 2 atom stereocenters. The van der Waals surface area contributed by atoms with Crippen LogP contribution in [-0.4, -0.2) is 6.04 Å². The summed E-state index contributed by atoms with van der Waals surface area (Å²) in [5, 5.41) is 0. The van der Waals surface area contributed by atoms with Crippen LogP contribution >= 0.6 is 0 Å². The van der Waals surface area contributed by atoms with Crippen molar-refractivity contribution in [3.05, 3.63) is 11.6 Å². The normalized spacial score (nSPS) is 16.3. The van der Waals surface area contributed by atoms with Crippen molar-refractivity contribution in [1.29, 1.82) is 0 Å². The van der Waals surface area contributed by atoms with Gasteiger partial charge in [-0.1, -0.05) is 32.4 Å². The molecule has 66 valence electrons. The summed E-state index contributed by atoms with van der Waals surface area (Å²) in [4.78, 5) is 0. The molecule has 2 N–H and O–H groups in total. The van der Waals surface area contributed by atoms with Crippen LogP contribution < -0.4 is 5.73 Å². The lowest BCUT2D eigenvalue weighted by Gasteiger charge is -2.20. The van der Waals surface area contributed by atoms with E-state index >= 15 is 0 Å². The first-order valence-corrected chi connectivity index (χ1v) is 4.35. The Bertz CT molecular complexity index is 132. The molecule has 0 aromatic heterocycles. The fourth-order valence-corrected chi connectivity index (χ4v) is 0.981. The highest BCUT2D eigenvalue weighted by molar-refractivity contribution is 5.01. The van der Waals surface area contributed by atoms with Gasteiger partial charge in [0.15, 0.2) is 0 Å². The van der Waals surface area contributed by atoms with Crippen molar-refractivity contribution < 1.29 is 0 Å². The van der Waals surface area contributed by atoms with Crippen LogP contribution in [0.2, 0.25) is 0 Å². The van der Waals surface area contributed by atoms with Gasteiger partial charge in [0.1, 0.15) is 0 Å². The van der Waals surface area contributed by atoms with Crippen molar-refractivity contribution in [3.63, 3.8) is 0 Å². The van der Waals surface area contributed by atoms with E-state index in [1.54, 1.807) is 0 Å². The summed E-state index contributed by atoms with van der Waals surface area (Å²) in [6.07, 6.45) is 2.14. The molecule has 0 heterocycles. The summed E-state index contributed by atoms with van der Waals surface area (Å²) >= 11 is 0. The molecule has 11 heavy (non-hydrogen) atoms. The average molecular weight is 155 g/mol. The van der Waals surface area contributed by atoms with Crippen LogP contribution in [0.25, 0.3) is 0 Å². The third kappa shape index (κ3) is 4.20. The number of hydrogen-bond acceptors (Lipinski definition) is 1. The van der Waals surface area contributed by atoms with Gasteiger partial charge in [0.25, 0.3) is 0 Å². The zero-order valence-electron chi connectivity index (χ0n) is 8.39. The molecule has 0 aliphatic carbocycles. The Morgan fingerprint density at radius 2 is 1.64 bits per heavy atom. The molecular weight excluding hydrogens is 134 g/mol. The molecule has 0 aliphatic rings. The van der Waals surface area contributed by atoms with Crippen LogP contribution in [0.4, 0.5) is 0 Å². The van der Waals surface area contributed by atoms with Gasteiger partial charge in [0.05, 0.1) is 0 Å². The van der Waals surface area contributed by atoms with E-state index < -0.39 is 0 Å². The predicted octanol–water partition coefficient (Wildman–Crippen LogP) is 2.57. The van der Waals surface area contributed by atoms with Crippen LogP contribution in [-0.2, 0) is 0 Å². The van der Waals surface area contributed by atoms with Crippen molar-refractivity contribution in [2.24, 2.45) is 17.6 Å². The highest BCUT2D eigenvalue weighted by atomic mass is 14.6. The second kappa shape index (κ2) is 4.55. The monoisotopic (exact) mass is 155 g/mol. The third-order valence-electron chi connectivity index (χ3n) is 2.18. The Kier molecular flexibility index (Phi) is 4.43. The minimum Gasteiger partial charge on any atom is -0.324 e. The molecular formula is C10H21N. The van der Waals surface area contributed by atoms with E-state index in [-0.39, 0.29) is 6.04 Å². The maximum absolute atomic E-state index is 5.94. The molecule has 0 saturated heterocycles. The van der Waals surface area contributed by atoms with Crippen LogP contribution in [0, 0.1) is 11.8 Å². The molecule has 0 aliphatic heterocycles. The topological polar surface area (TPSA) is 26.0 Å². The Morgan fingerprint density at radius 3 is 1.91 bits per heavy atom. The van der Waals surface area contributed by atoms with Gasteiger partial charge in [-0.25, -0.2) is 0 Å². The Morgan fingerprint density at radius 1 is 1.18 bits per heavy atom. The summed E-state index contributed by atoms with van der Waals surface area (Å²) in [5.41, 5.74) is 7.25. The van der Waals surface area contributed by atoms with E-state index in [1.807, 2.05) is 0 Å². The van der Waals surface area contributed by atoms with Crippen molar-refractivity contribution in [2.45, 2.75) is 40.7 Å². The summed E-state index contributed by atoms with van der Waals surface area (Å²) < 4.78 is 0. The summed E-state index contributed by atoms with van der Waals surface area (Å²) in [5.74, 6) is 1.24. The maximum Gasteiger partial charge on any atom is 0.0254 e. The largest absolute Gasteiger partial charge is 0.324 e. The predicted molar refractivity (Wildman–Crippen MR) is 51.4 cm³/mol. The van der Waals surface area contributed by atoms with Gasteiger partial charge in [-0.05, 0) is 25.7 Å². The molecule has 0 fully saturated rings. The van der Waals surface area contributed by atoms with Crippen LogP contribution in [0.3, 0.4) is 0 Å². The fraction of sp³-hybridized carbons (Fsp3) is 0.800. The standard InChI is InChI=1S/C10H21N/c1-7(2)6-10(11)9(5)8(3)4/h6,8-10H,11H2,1-5H3. The average Bonchev–Trinajstić information content (AvgIpc) is 1.84. The minimum absolute atomic E-state index is 0.222. The lowest BCUT2D eigenvalue weighted by atomic mass is 9.90. The summed E-state index contributed by atoms with van der Waals surface area (Å²) in [7, 11) is 0. The molecule has 0 amide bonds. The SMILES string of the molecule is CC(C)=CC(N)C(C)C(C)C. The van der Waals surface area contributed by atoms with Gasteiger partial charge < -0.3 is 5.73 Å². The first kappa shape index (κ1) is 10.7. The van der Waals surface area contributed by atoms with E-state index in [9.17, 15) is 0 Å². The molecule has 0 saturated carbocycles. The van der Waals surface area contributed by atoms with E-state index in [2.05, 4.69) is 40.7 Å². The molecule has 0 aromatic carbocycles. The summed E-state index contributed by atoms with van der Waals surface area (Å²) in [6.45, 7) is 10.8. The Hall–Kier alpha value is -0.300. The molecule has 2 unspecified atom stereocenters. The molecule has 0 spiro atoms. The van der Waals surface area contributed by atoms with Gasteiger partial charge in [-0.2, -0.15) is 0 Å². The minimum atomic E-state index is 0.222. The molecule has 0 radical (unpaired) electrons. The van der Waals surface area contributed by atoms with Gasteiger partial charge >= 0.3 is 0 Å². The van der Waals surface area contributed by atoms with Crippen molar-refractivity contribution in [3.8, 4) is 0 Å². The van der Waals surface area contributed by atoms with Crippen LogP contribution in [0.15, 0.2) is 11.6 Å². The fourth-order valence-electron chi connectivity index (χ4n) is 0.981. The molecule has 1 nitrogen and oxygen atoms in total. The third-order valence-corrected chi connectivity index (χ3v) is 2.18. The number of rotatable bonds is 3. The number of nitrogens with two attached hydrogens (primary N) is 1. The van der Waals surface area contributed by atoms with Gasteiger partial charge in [0.2, 0.25) is 0 Å². The Balaban J connectivity index is 4.03. The van der Waals surface area contributed by atoms with Crippen molar-refractivity contribution >= 4 is 0 Å². The quantitative estimate of drug-likeness (QED) is 0.623. The van der Waals surface area contributed by atoms with Gasteiger partial charge in [0, 0.05) is 6.04 Å². The molecule has 1 heteroatoms. The van der Waals surface area contributed by atoms with Gasteiger partial charge in [-0.15, -0.1) is 0 Å². The van der Waals surface area contributed by atoms with Crippen molar-refractivity contribution in [2.75, 3.05) is 0 Å². The first-order valence-electron chi connectivity index (χ1n) is 4.35. The summed E-state index contributed by atoms with van der Waals surface area (Å²) in [6, 6.07) is 0.222. The zero-order chi connectivity index (χ0) is 9.02. The number of hydrogen-bond donors (Lipinski definition) is 1.